The Labute approximate surface area is 358 Å². The zero-order valence-electron chi connectivity index (χ0n) is 35.7. The molecule has 3 atom stereocenters. The third-order valence-corrected chi connectivity index (χ3v) is 12.7. The number of benzene rings is 3. The standard InChI is InChI=1S/C44H51F4N5O8S/c1-8-62(55,56)41-49-34-18-36(60-25-33(34)40(50-41)52-21-29-23-59-24-30(22-52)53(29)42(54)61-43(3,4)5)37-38(44(46,47)48)26(2)17-35(39(37)45)51(19-27-9-13-31(57-6)14-10-27)20-28-11-15-32(58-7)16-12-28/h9-17,29-30,36H,8,18-25H2,1-7H3. The van der Waals surface area contributed by atoms with Gasteiger partial charge in [0.25, 0.3) is 0 Å². The number of carbonyl (C=O) groups is 1. The Bertz CT molecular complexity index is 2330. The van der Waals surface area contributed by atoms with Crippen molar-refractivity contribution in [1.82, 2.24) is 14.9 Å². The summed E-state index contributed by atoms with van der Waals surface area (Å²) in [6.07, 6.45) is -7.39. The molecule has 4 heterocycles. The second kappa shape index (κ2) is 17.5. The third kappa shape index (κ3) is 9.41. The number of sulfone groups is 1. The normalized spacial score (nSPS) is 19.2. The molecule has 2 bridgehead atoms. The van der Waals surface area contributed by atoms with Gasteiger partial charge in [0, 0.05) is 43.7 Å². The van der Waals surface area contributed by atoms with Crippen LogP contribution in [0.2, 0.25) is 0 Å². The monoisotopic (exact) mass is 885 g/mol. The summed E-state index contributed by atoms with van der Waals surface area (Å²) in [6, 6.07) is 14.4. The van der Waals surface area contributed by atoms with Gasteiger partial charge in [-0.1, -0.05) is 31.2 Å². The van der Waals surface area contributed by atoms with E-state index in [0.717, 1.165) is 11.1 Å². The second-order valence-corrected chi connectivity index (χ2v) is 18.8. The molecule has 3 aliphatic rings. The summed E-state index contributed by atoms with van der Waals surface area (Å²) in [6.45, 7) is 8.65. The van der Waals surface area contributed by atoms with E-state index in [4.69, 9.17) is 23.7 Å². The predicted molar refractivity (Wildman–Crippen MR) is 222 cm³/mol. The van der Waals surface area contributed by atoms with Crippen molar-refractivity contribution in [3.63, 3.8) is 0 Å². The van der Waals surface area contributed by atoms with E-state index in [1.807, 2.05) is 4.90 Å². The highest BCUT2D eigenvalue weighted by molar-refractivity contribution is 7.91. The van der Waals surface area contributed by atoms with Crippen molar-refractivity contribution < 1.29 is 54.5 Å². The van der Waals surface area contributed by atoms with E-state index in [1.165, 1.54) is 34.1 Å². The number of ether oxygens (including phenoxy) is 5. The van der Waals surface area contributed by atoms with E-state index in [2.05, 4.69) is 9.97 Å². The number of aryl methyl sites for hydroxylation is 1. The highest BCUT2D eigenvalue weighted by Crippen LogP contribution is 2.46. The number of methoxy groups -OCH3 is 2. The van der Waals surface area contributed by atoms with E-state index in [0.29, 0.717) is 17.1 Å². The molecule has 3 aliphatic heterocycles. The van der Waals surface area contributed by atoms with Gasteiger partial charge in [0.2, 0.25) is 15.0 Å². The highest BCUT2D eigenvalue weighted by atomic mass is 32.2. The van der Waals surface area contributed by atoms with Gasteiger partial charge in [-0.3, -0.25) is 4.90 Å². The minimum absolute atomic E-state index is 0.0826. The van der Waals surface area contributed by atoms with E-state index in [-0.39, 0.29) is 80.9 Å². The molecule has 3 aromatic carbocycles. The molecular formula is C44H51F4N5O8S. The average Bonchev–Trinajstić information content (AvgIpc) is 3.22. The number of amides is 1. The number of halogens is 4. The van der Waals surface area contributed by atoms with Gasteiger partial charge in [-0.2, -0.15) is 13.2 Å². The van der Waals surface area contributed by atoms with Gasteiger partial charge in [0.05, 0.1) is 74.9 Å². The lowest BCUT2D eigenvalue weighted by atomic mass is 9.90. The maximum absolute atomic E-state index is 17.5. The predicted octanol–water partition coefficient (Wildman–Crippen LogP) is 7.60. The minimum atomic E-state index is -4.99. The quantitative estimate of drug-likeness (QED) is 0.109. The number of anilines is 2. The summed E-state index contributed by atoms with van der Waals surface area (Å²) in [4.78, 5) is 27.4. The van der Waals surface area contributed by atoms with Crippen LogP contribution in [0, 0.1) is 12.7 Å². The van der Waals surface area contributed by atoms with Crippen molar-refractivity contribution in [2.24, 2.45) is 0 Å². The Morgan fingerprint density at radius 1 is 0.919 bits per heavy atom. The van der Waals surface area contributed by atoms with Crippen LogP contribution in [0.4, 0.5) is 33.9 Å². The number of morpholine rings is 1. The molecule has 2 saturated heterocycles. The van der Waals surface area contributed by atoms with Gasteiger partial charge in [-0.05, 0) is 74.7 Å². The van der Waals surface area contributed by atoms with E-state index in [1.54, 1.807) is 79.1 Å². The van der Waals surface area contributed by atoms with Gasteiger partial charge < -0.3 is 33.5 Å². The topological polar surface area (TPSA) is 133 Å². The molecule has 1 amide bonds. The molecule has 0 saturated carbocycles. The first-order valence-electron chi connectivity index (χ1n) is 20.3. The first-order chi connectivity index (χ1) is 29.3. The fourth-order valence-corrected chi connectivity index (χ4v) is 8.97. The Balaban J connectivity index is 1.30. The van der Waals surface area contributed by atoms with E-state index < -0.39 is 68.0 Å². The van der Waals surface area contributed by atoms with Gasteiger partial charge >= 0.3 is 12.3 Å². The summed E-state index contributed by atoms with van der Waals surface area (Å²) in [5.41, 5.74) is -0.951. The highest BCUT2D eigenvalue weighted by Gasteiger charge is 2.46. The number of piperazine rings is 1. The zero-order chi connectivity index (χ0) is 44.7. The van der Waals surface area contributed by atoms with Gasteiger partial charge in [0.15, 0.2) is 5.82 Å². The number of hydrogen-bond acceptors (Lipinski definition) is 12. The number of fused-ring (bicyclic) bond motifs is 3. The van der Waals surface area contributed by atoms with Crippen LogP contribution in [-0.4, -0.2) is 93.3 Å². The van der Waals surface area contributed by atoms with Crippen molar-refractivity contribution in [3.05, 3.63) is 99.5 Å². The van der Waals surface area contributed by atoms with Crippen molar-refractivity contribution >= 4 is 27.4 Å². The maximum Gasteiger partial charge on any atom is 0.417 e. The van der Waals surface area contributed by atoms with Crippen molar-refractivity contribution in [2.45, 2.75) is 95.9 Å². The first-order valence-corrected chi connectivity index (χ1v) is 21.9. The maximum atomic E-state index is 17.5. The summed E-state index contributed by atoms with van der Waals surface area (Å²) < 4.78 is 118. The minimum Gasteiger partial charge on any atom is -0.497 e. The Kier molecular flexibility index (Phi) is 12.7. The largest absolute Gasteiger partial charge is 0.497 e. The lowest BCUT2D eigenvalue weighted by Gasteiger charge is -2.50. The summed E-state index contributed by atoms with van der Waals surface area (Å²) in [5, 5.41) is -0.503. The second-order valence-electron chi connectivity index (χ2n) is 16.7. The lowest BCUT2D eigenvalue weighted by Crippen LogP contribution is -2.67. The number of aromatic nitrogens is 2. The molecular weight excluding hydrogens is 835 g/mol. The number of hydrogen-bond donors (Lipinski definition) is 0. The smallest absolute Gasteiger partial charge is 0.417 e. The van der Waals surface area contributed by atoms with Crippen molar-refractivity contribution in [1.29, 1.82) is 0 Å². The van der Waals surface area contributed by atoms with Crippen LogP contribution in [0.3, 0.4) is 0 Å². The Morgan fingerprint density at radius 2 is 1.48 bits per heavy atom. The molecule has 1 aromatic heterocycles. The third-order valence-electron chi connectivity index (χ3n) is 11.2. The van der Waals surface area contributed by atoms with Crippen molar-refractivity contribution in [3.8, 4) is 11.5 Å². The molecule has 13 nitrogen and oxygen atoms in total. The molecule has 4 aromatic rings. The first kappa shape index (κ1) is 44.8. The van der Waals surface area contributed by atoms with Gasteiger partial charge in [-0.15, -0.1) is 0 Å². The fourth-order valence-electron chi connectivity index (χ4n) is 8.23. The molecule has 0 spiro atoms. The van der Waals surface area contributed by atoms with Crippen LogP contribution >= 0.6 is 0 Å². The van der Waals surface area contributed by atoms with Crippen LogP contribution in [0.15, 0.2) is 59.8 Å². The Morgan fingerprint density at radius 3 is 1.98 bits per heavy atom. The molecule has 3 unspecified atom stereocenters. The zero-order valence-corrected chi connectivity index (χ0v) is 36.5. The van der Waals surface area contributed by atoms with Crippen LogP contribution < -0.4 is 19.3 Å². The number of rotatable bonds is 11. The van der Waals surface area contributed by atoms with E-state index in [9.17, 15) is 13.2 Å². The Hall–Kier alpha value is -5.20. The lowest BCUT2D eigenvalue weighted by molar-refractivity contribution is -0.140. The van der Waals surface area contributed by atoms with Crippen LogP contribution in [0.5, 0.6) is 11.5 Å². The fraction of sp³-hybridized carbons (Fsp3) is 0.477. The summed E-state index contributed by atoms with van der Waals surface area (Å²) in [7, 11) is -0.983. The molecule has 62 heavy (non-hydrogen) atoms. The molecule has 0 N–H and O–H groups in total. The summed E-state index contributed by atoms with van der Waals surface area (Å²) >= 11 is 0. The number of alkyl halides is 3. The molecule has 2 fully saturated rings. The van der Waals surface area contributed by atoms with Crippen molar-refractivity contribution in [2.75, 3.05) is 56.1 Å². The van der Waals surface area contributed by atoms with Gasteiger partial charge in [-0.25, -0.2) is 27.6 Å². The van der Waals surface area contributed by atoms with Gasteiger partial charge in [0.1, 0.15) is 22.9 Å². The molecule has 18 heteroatoms. The van der Waals surface area contributed by atoms with E-state index >= 15 is 17.6 Å². The average molecular weight is 886 g/mol. The molecule has 334 valence electrons. The number of carbonyl (C=O) groups excluding carboxylic acids is 1. The summed E-state index contributed by atoms with van der Waals surface area (Å²) in [5.74, 6) is -0.0483. The molecule has 7 rings (SSSR count). The van der Waals surface area contributed by atoms with Crippen LogP contribution in [-0.2, 0) is 56.3 Å². The molecule has 0 aliphatic carbocycles. The van der Waals surface area contributed by atoms with Crippen LogP contribution in [0.25, 0.3) is 0 Å². The SMILES string of the molecule is CCS(=O)(=O)c1nc2c(c(N3CC4COCC(C3)N4C(=O)OC(C)(C)C)n1)COC(c1c(F)c(N(Cc3ccc(OC)cc3)Cc3ccc(OC)cc3)cc(C)c1C(F)(F)F)C2. The molecule has 0 radical (unpaired) electrons. The van der Waals surface area contributed by atoms with Crippen LogP contribution in [0.1, 0.15) is 72.9 Å². The number of nitrogens with zero attached hydrogens (tertiary/aromatic N) is 5.